The number of rotatable bonds is 1. The van der Waals surface area contributed by atoms with Crippen molar-refractivity contribution in [3.05, 3.63) is 29.3 Å². The van der Waals surface area contributed by atoms with Gasteiger partial charge in [-0.05, 0) is 17.5 Å². The summed E-state index contributed by atoms with van der Waals surface area (Å²) in [5, 5.41) is 0. The van der Waals surface area contributed by atoms with E-state index >= 15 is 0 Å². The molecule has 0 saturated heterocycles. The Kier molecular flexibility index (Phi) is 2.31. The predicted molar refractivity (Wildman–Crippen MR) is 44.9 cm³/mol. The lowest BCUT2D eigenvalue weighted by molar-refractivity contribution is 0.573. The van der Waals surface area contributed by atoms with Gasteiger partial charge in [-0.25, -0.2) is 8.78 Å². The van der Waals surface area contributed by atoms with Crippen LogP contribution in [0.1, 0.15) is 25.3 Å². The molecule has 66 valence electrons. The second kappa shape index (κ2) is 3.09. The van der Waals surface area contributed by atoms with Crippen molar-refractivity contribution in [2.45, 2.75) is 19.8 Å². The molecule has 1 aromatic carbocycles. The molecule has 1 nitrogen and oxygen atoms in total. The minimum absolute atomic E-state index is 0.0212. The lowest BCUT2D eigenvalue weighted by Crippen LogP contribution is -2.01. The summed E-state index contributed by atoms with van der Waals surface area (Å²) in [5.74, 6) is -1.31. The number of hydrogen-bond donors (Lipinski definition) is 1. The molecule has 0 spiro atoms. The number of nitrogen functional groups attached to an aromatic ring is 1. The Bertz CT molecular complexity index is 295. The average molecular weight is 171 g/mol. The molecule has 0 radical (unpaired) electrons. The Hall–Kier alpha value is -1.12. The van der Waals surface area contributed by atoms with E-state index in [-0.39, 0.29) is 11.6 Å². The van der Waals surface area contributed by atoms with Crippen LogP contribution < -0.4 is 5.73 Å². The van der Waals surface area contributed by atoms with Gasteiger partial charge in [0.2, 0.25) is 0 Å². The van der Waals surface area contributed by atoms with Gasteiger partial charge in [-0.3, -0.25) is 0 Å². The molecule has 3 heteroatoms. The molecule has 1 aromatic rings. The van der Waals surface area contributed by atoms with Crippen molar-refractivity contribution in [2.75, 3.05) is 5.73 Å². The van der Waals surface area contributed by atoms with Crippen molar-refractivity contribution in [1.29, 1.82) is 0 Å². The van der Waals surface area contributed by atoms with Crippen molar-refractivity contribution < 1.29 is 8.78 Å². The molecule has 0 aliphatic carbocycles. The molecule has 0 heterocycles. The summed E-state index contributed by atoms with van der Waals surface area (Å²) in [6.45, 7) is 3.66. The highest BCUT2D eigenvalue weighted by molar-refractivity contribution is 5.45. The van der Waals surface area contributed by atoms with E-state index in [1.165, 1.54) is 12.1 Å². The molecule has 2 N–H and O–H groups in total. The molecular formula is C9H11F2N. The third-order valence-electron chi connectivity index (χ3n) is 1.78. The van der Waals surface area contributed by atoms with E-state index in [4.69, 9.17) is 5.73 Å². The highest BCUT2D eigenvalue weighted by Gasteiger charge is 2.12. The largest absolute Gasteiger partial charge is 0.394 e. The minimum Gasteiger partial charge on any atom is -0.394 e. The minimum atomic E-state index is -0.697. The Labute approximate surface area is 70.2 Å². The van der Waals surface area contributed by atoms with Crippen LogP contribution in [0.3, 0.4) is 0 Å². The van der Waals surface area contributed by atoms with Crippen molar-refractivity contribution in [3.63, 3.8) is 0 Å². The lowest BCUT2D eigenvalue weighted by Gasteiger charge is -2.08. The second-order valence-electron chi connectivity index (χ2n) is 3.02. The zero-order chi connectivity index (χ0) is 9.30. The number of nitrogens with two attached hydrogens (primary N) is 1. The molecule has 0 fully saturated rings. The molecule has 0 aliphatic rings. The van der Waals surface area contributed by atoms with Gasteiger partial charge < -0.3 is 5.73 Å². The third kappa shape index (κ3) is 1.40. The van der Waals surface area contributed by atoms with Gasteiger partial charge in [-0.1, -0.05) is 19.9 Å². The Balaban J connectivity index is 3.27. The number of anilines is 1. The number of benzene rings is 1. The molecule has 12 heavy (non-hydrogen) atoms. The molecule has 0 atom stereocenters. The first-order chi connectivity index (χ1) is 5.54. The summed E-state index contributed by atoms with van der Waals surface area (Å²) in [6, 6.07) is 2.61. The van der Waals surface area contributed by atoms with Crippen molar-refractivity contribution in [1.82, 2.24) is 0 Å². The zero-order valence-corrected chi connectivity index (χ0v) is 7.07. The van der Waals surface area contributed by atoms with Gasteiger partial charge in [-0.15, -0.1) is 0 Å². The highest BCUT2D eigenvalue weighted by atomic mass is 19.1. The maximum Gasteiger partial charge on any atom is 0.152 e. The summed E-state index contributed by atoms with van der Waals surface area (Å²) < 4.78 is 25.8. The summed E-state index contributed by atoms with van der Waals surface area (Å²) >= 11 is 0. The monoisotopic (exact) mass is 171 g/mol. The van der Waals surface area contributed by atoms with Crippen LogP contribution in [0.5, 0.6) is 0 Å². The zero-order valence-electron chi connectivity index (χ0n) is 7.07. The van der Waals surface area contributed by atoms with Crippen LogP contribution in [0, 0.1) is 11.6 Å². The molecule has 0 amide bonds. The summed E-state index contributed by atoms with van der Waals surface area (Å²) in [4.78, 5) is 0. The number of hydrogen-bond acceptors (Lipinski definition) is 1. The van der Waals surface area contributed by atoms with Crippen molar-refractivity contribution in [3.8, 4) is 0 Å². The Morgan fingerprint density at radius 2 is 1.83 bits per heavy atom. The lowest BCUT2D eigenvalue weighted by atomic mass is 10.0. The molecule has 0 aromatic heterocycles. The van der Waals surface area contributed by atoms with Gasteiger partial charge in [0.15, 0.2) is 5.82 Å². The van der Waals surface area contributed by atoms with Gasteiger partial charge >= 0.3 is 0 Å². The van der Waals surface area contributed by atoms with Crippen LogP contribution in [0.2, 0.25) is 0 Å². The Morgan fingerprint density at radius 1 is 1.25 bits per heavy atom. The van der Waals surface area contributed by atoms with E-state index in [9.17, 15) is 8.78 Å². The van der Waals surface area contributed by atoms with E-state index in [0.29, 0.717) is 5.56 Å². The van der Waals surface area contributed by atoms with Crippen LogP contribution in [-0.2, 0) is 0 Å². The van der Waals surface area contributed by atoms with Crippen LogP contribution >= 0.6 is 0 Å². The molecule has 0 bridgehead atoms. The molecule has 0 saturated carbocycles. The summed E-state index contributed by atoms with van der Waals surface area (Å²) in [7, 11) is 0. The van der Waals surface area contributed by atoms with Crippen LogP contribution in [0.25, 0.3) is 0 Å². The van der Waals surface area contributed by atoms with E-state index in [1.807, 2.05) is 13.8 Å². The fourth-order valence-electron chi connectivity index (χ4n) is 1.03. The second-order valence-corrected chi connectivity index (χ2v) is 3.02. The quantitative estimate of drug-likeness (QED) is 0.646. The first-order valence-electron chi connectivity index (χ1n) is 3.77. The van der Waals surface area contributed by atoms with Gasteiger partial charge in [0.05, 0.1) is 0 Å². The topological polar surface area (TPSA) is 26.0 Å². The fourth-order valence-corrected chi connectivity index (χ4v) is 1.03. The smallest absolute Gasteiger partial charge is 0.152 e. The van der Waals surface area contributed by atoms with Gasteiger partial charge in [0, 0.05) is 0 Å². The first kappa shape index (κ1) is 8.97. The summed E-state index contributed by atoms with van der Waals surface area (Å²) in [6.07, 6.45) is 0. The van der Waals surface area contributed by atoms with Crippen LogP contribution in [-0.4, -0.2) is 0 Å². The van der Waals surface area contributed by atoms with Crippen LogP contribution in [0.15, 0.2) is 12.1 Å². The Morgan fingerprint density at radius 3 is 2.33 bits per heavy atom. The number of halogens is 2. The standard InChI is InChI=1S/C9H11F2N/c1-5(2)6-3-4-7(10)9(12)8(6)11/h3-5H,12H2,1-2H3. The predicted octanol–water partition coefficient (Wildman–Crippen LogP) is 2.67. The third-order valence-corrected chi connectivity index (χ3v) is 1.78. The molecule has 1 rings (SSSR count). The van der Waals surface area contributed by atoms with Crippen molar-refractivity contribution in [2.24, 2.45) is 0 Å². The van der Waals surface area contributed by atoms with Gasteiger partial charge in [0.25, 0.3) is 0 Å². The summed E-state index contributed by atoms with van der Waals surface area (Å²) in [5.41, 5.74) is 5.24. The van der Waals surface area contributed by atoms with E-state index in [2.05, 4.69) is 0 Å². The van der Waals surface area contributed by atoms with E-state index in [0.717, 1.165) is 0 Å². The first-order valence-corrected chi connectivity index (χ1v) is 3.77. The molecule has 0 unspecified atom stereocenters. The molecule has 0 aliphatic heterocycles. The maximum absolute atomic E-state index is 13.1. The van der Waals surface area contributed by atoms with Crippen molar-refractivity contribution >= 4 is 5.69 Å². The normalized spacial score (nSPS) is 10.8. The van der Waals surface area contributed by atoms with Gasteiger partial charge in [-0.2, -0.15) is 0 Å². The van der Waals surface area contributed by atoms with Crippen LogP contribution in [0.4, 0.5) is 14.5 Å². The van der Waals surface area contributed by atoms with E-state index in [1.54, 1.807) is 0 Å². The SMILES string of the molecule is CC(C)c1ccc(F)c(N)c1F. The average Bonchev–Trinajstić information content (AvgIpc) is 2.00. The van der Waals surface area contributed by atoms with Gasteiger partial charge in [0.1, 0.15) is 11.5 Å². The highest BCUT2D eigenvalue weighted by Crippen LogP contribution is 2.24. The molecular weight excluding hydrogens is 160 g/mol. The maximum atomic E-state index is 13.1. The fraction of sp³-hybridized carbons (Fsp3) is 0.333. The van der Waals surface area contributed by atoms with E-state index < -0.39 is 11.6 Å².